The summed E-state index contributed by atoms with van der Waals surface area (Å²) in [6.45, 7) is 7.67. The lowest BCUT2D eigenvalue weighted by Gasteiger charge is -2.25. The Kier molecular flexibility index (Phi) is 8.03. The monoisotopic (exact) mass is 298 g/mol. The third-order valence-electron chi connectivity index (χ3n) is 3.41. The zero-order chi connectivity index (χ0) is 14.8. The van der Waals surface area contributed by atoms with Gasteiger partial charge in [-0.2, -0.15) is 0 Å². The predicted molar refractivity (Wildman–Crippen MR) is 83.6 cm³/mol. The average molecular weight is 298 g/mol. The minimum Gasteiger partial charge on any atom is -0.395 e. The number of hydrogen-bond donors (Lipinski definition) is 0. The summed E-state index contributed by atoms with van der Waals surface area (Å²) in [6.07, 6.45) is 4.46. The molecule has 20 heavy (non-hydrogen) atoms. The highest BCUT2D eigenvalue weighted by atomic mass is 28.4. The van der Waals surface area contributed by atoms with E-state index in [0.717, 1.165) is 38.5 Å². The quantitative estimate of drug-likeness (QED) is 0.461. The van der Waals surface area contributed by atoms with Crippen LogP contribution in [0.5, 0.6) is 0 Å². The van der Waals surface area contributed by atoms with E-state index in [0.29, 0.717) is 0 Å². The van der Waals surface area contributed by atoms with Crippen LogP contribution in [-0.2, 0) is 15.3 Å². The second-order valence-corrected chi connectivity index (χ2v) is 8.53. The molecule has 0 aliphatic rings. The van der Waals surface area contributed by atoms with Gasteiger partial charge in [-0.3, -0.25) is 0 Å². The van der Waals surface area contributed by atoms with Crippen molar-refractivity contribution in [1.82, 2.24) is 0 Å². The molecule has 0 N–H and O–H groups in total. The summed E-state index contributed by atoms with van der Waals surface area (Å²) in [5.74, 6) is -0.163. The van der Waals surface area contributed by atoms with Crippen molar-refractivity contribution in [2.24, 2.45) is 0 Å². The molecule has 0 atom stereocenters. The van der Waals surface area contributed by atoms with Gasteiger partial charge in [-0.15, -0.1) is 0 Å². The van der Waals surface area contributed by atoms with Crippen LogP contribution in [0.1, 0.15) is 38.7 Å². The molecule has 0 bridgehead atoms. The van der Waals surface area contributed by atoms with Gasteiger partial charge in [-0.1, -0.05) is 25.0 Å². The standard InChI is InChI=1S/C16H27FO2Si/c1-4-18-20(3,19-5-2)14-8-6-7-9-15-10-12-16(17)13-11-15/h10-13H,4-9,14H2,1-3H3. The summed E-state index contributed by atoms with van der Waals surface area (Å²) in [4.78, 5) is 0. The Morgan fingerprint density at radius 2 is 1.55 bits per heavy atom. The van der Waals surface area contributed by atoms with E-state index >= 15 is 0 Å². The van der Waals surface area contributed by atoms with Crippen molar-refractivity contribution in [1.29, 1.82) is 0 Å². The van der Waals surface area contributed by atoms with E-state index in [-0.39, 0.29) is 5.82 Å². The van der Waals surface area contributed by atoms with Crippen molar-refractivity contribution in [3.63, 3.8) is 0 Å². The summed E-state index contributed by atoms with van der Waals surface area (Å²) >= 11 is 0. The summed E-state index contributed by atoms with van der Waals surface area (Å²) in [5.41, 5.74) is 1.21. The van der Waals surface area contributed by atoms with E-state index in [1.165, 1.54) is 24.1 Å². The summed E-state index contributed by atoms with van der Waals surface area (Å²) < 4.78 is 24.4. The van der Waals surface area contributed by atoms with Crippen molar-refractivity contribution in [2.45, 2.75) is 52.1 Å². The van der Waals surface area contributed by atoms with Crippen LogP contribution >= 0.6 is 0 Å². The highest BCUT2D eigenvalue weighted by Crippen LogP contribution is 2.18. The summed E-state index contributed by atoms with van der Waals surface area (Å²) in [5, 5.41) is 0. The SMILES string of the molecule is CCO[Si](C)(CCCCCc1ccc(F)cc1)OCC. The average Bonchev–Trinajstić information content (AvgIpc) is 2.41. The maximum atomic E-state index is 12.8. The molecule has 1 aromatic carbocycles. The Bertz CT molecular complexity index is 361. The molecule has 0 fully saturated rings. The van der Waals surface area contributed by atoms with Gasteiger partial charge in [-0.25, -0.2) is 4.39 Å². The first-order chi connectivity index (χ1) is 9.59. The van der Waals surface area contributed by atoms with Gasteiger partial charge in [0.15, 0.2) is 0 Å². The van der Waals surface area contributed by atoms with Crippen LogP contribution in [0, 0.1) is 5.82 Å². The van der Waals surface area contributed by atoms with E-state index in [1.54, 1.807) is 0 Å². The van der Waals surface area contributed by atoms with Gasteiger partial charge >= 0.3 is 8.56 Å². The molecule has 0 saturated carbocycles. The molecule has 0 heterocycles. The van der Waals surface area contributed by atoms with Crippen LogP contribution in [0.2, 0.25) is 12.6 Å². The van der Waals surface area contributed by atoms with E-state index < -0.39 is 8.56 Å². The summed E-state index contributed by atoms with van der Waals surface area (Å²) in [6, 6.07) is 7.86. The fraction of sp³-hybridized carbons (Fsp3) is 0.625. The first-order valence-corrected chi connectivity index (χ1v) is 10.1. The molecule has 0 aliphatic carbocycles. The maximum absolute atomic E-state index is 12.8. The topological polar surface area (TPSA) is 18.5 Å². The molecule has 0 amide bonds. The molecular formula is C16H27FO2Si. The van der Waals surface area contributed by atoms with Crippen molar-refractivity contribution in [3.8, 4) is 0 Å². The largest absolute Gasteiger partial charge is 0.395 e. The third-order valence-corrected chi connectivity index (χ3v) is 6.47. The van der Waals surface area contributed by atoms with Gasteiger partial charge in [0.1, 0.15) is 5.82 Å². The minimum absolute atomic E-state index is 0.163. The van der Waals surface area contributed by atoms with Gasteiger partial charge in [0.05, 0.1) is 0 Å². The highest BCUT2D eigenvalue weighted by molar-refractivity contribution is 6.66. The van der Waals surface area contributed by atoms with Gasteiger partial charge in [0.2, 0.25) is 0 Å². The van der Waals surface area contributed by atoms with Gasteiger partial charge in [0, 0.05) is 13.2 Å². The van der Waals surface area contributed by atoms with E-state index in [2.05, 4.69) is 6.55 Å². The number of unbranched alkanes of at least 4 members (excludes halogenated alkanes) is 2. The number of rotatable bonds is 10. The Hall–Kier alpha value is -0.713. The first kappa shape index (κ1) is 17.3. The number of hydrogen-bond acceptors (Lipinski definition) is 2. The fourth-order valence-corrected chi connectivity index (χ4v) is 4.89. The molecule has 0 unspecified atom stereocenters. The van der Waals surface area contributed by atoms with Crippen LogP contribution in [0.3, 0.4) is 0 Å². The molecule has 0 aromatic heterocycles. The lowest BCUT2D eigenvalue weighted by atomic mass is 10.1. The Morgan fingerprint density at radius 3 is 2.10 bits per heavy atom. The Labute approximate surface area is 123 Å². The lowest BCUT2D eigenvalue weighted by molar-refractivity contribution is 0.188. The second kappa shape index (κ2) is 9.26. The molecule has 0 aliphatic heterocycles. The molecule has 114 valence electrons. The van der Waals surface area contributed by atoms with E-state index in [9.17, 15) is 4.39 Å². The minimum atomic E-state index is -1.94. The molecule has 1 aromatic rings. The molecular weight excluding hydrogens is 271 g/mol. The Balaban J connectivity index is 2.21. The highest BCUT2D eigenvalue weighted by Gasteiger charge is 2.29. The van der Waals surface area contributed by atoms with Crippen LogP contribution in [0.15, 0.2) is 24.3 Å². The van der Waals surface area contributed by atoms with Crippen molar-refractivity contribution < 1.29 is 13.2 Å². The van der Waals surface area contributed by atoms with E-state index in [1.807, 2.05) is 26.0 Å². The van der Waals surface area contributed by atoms with Crippen LogP contribution < -0.4 is 0 Å². The molecule has 0 radical (unpaired) electrons. The lowest BCUT2D eigenvalue weighted by Crippen LogP contribution is -2.38. The molecule has 0 spiro atoms. The van der Waals surface area contributed by atoms with Gasteiger partial charge < -0.3 is 8.85 Å². The second-order valence-electron chi connectivity index (χ2n) is 5.19. The first-order valence-electron chi connectivity index (χ1n) is 7.62. The van der Waals surface area contributed by atoms with Crippen molar-refractivity contribution in [2.75, 3.05) is 13.2 Å². The van der Waals surface area contributed by atoms with Gasteiger partial charge in [-0.05, 0) is 57.0 Å². The molecule has 4 heteroatoms. The zero-order valence-electron chi connectivity index (χ0n) is 13.0. The van der Waals surface area contributed by atoms with Crippen molar-refractivity contribution in [3.05, 3.63) is 35.6 Å². The number of halogens is 1. The van der Waals surface area contributed by atoms with Crippen LogP contribution in [0.25, 0.3) is 0 Å². The number of aryl methyl sites for hydroxylation is 1. The third kappa shape index (κ3) is 6.64. The van der Waals surface area contributed by atoms with E-state index in [4.69, 9.17) is 8.85 Å². The zero-order valence-corrected chi connectivity index (χ0v) is 14.0. The van der Waals surface area contributed by atoms with Crippen LogP contribution in [0.4, 0.5) is 4.39 Å². The molecule has 2 nitrogen and oxygen atoms in total. The smallest absolute Gasteiger partial charge is 0.334 e. The van der Waals surface area contributed by atoms with Crippen LogP contribution in [-0.4, -0.2) is 21.8 Å². The van der Waals surface area contributed by atoms with Crippen molar-refractivity contribution >= 4 is 8.56 Å². The predicted octanol–water partition coefficient (Wildman–Crippen LogP) is 4.68. The molecule has 0 saturated heterocycles. The number of benzene rings is 1. The maximum Gasteiger partial charge on any atom is 0.334 e. The molecule has 1 rings (SSSR count). The fourth-order valence-electron chi connectivity index (χ4n) is 2.40. The van der Waals surface area contributed by atoms with Gasteiger partial charge in [0.25, 0.3) is 0 Å². The normalized spacial score (nSPS) is 11.8. The summed E-state index contributed by atoms with van der Waals surface area (Å²) in [7, 11) is -1.94. The Morgan fingerprint density at radius 1 is 0.950 bits per heavy atom.